The minimum absolute atomic E-state index is 0.388. The number of rotatable bonds is 6. The summed E-state index contributed by atoms with van der Waals surface area (Å²) in [5.74, 6) is -0.579. The molecule has 1 aromatic carbocycles. The highest BCUT2D eigenvalue weighted by Gasteiger charge is 2.43. The summed E-state index contributed by atoms with van der Waals surface area (Å²) < 4.78 is 15.5. The summed E-state index contributed by atoms with van der Waals surface area (Å²) in [4.78, 5) is 30.4. The molecule has 0 aromatic heterocycles. The number of esters is 1. The zero-order valence-electron chi connectivity index (χ0n) is 16.4. The molecule has 1 aliphatic rings. The fourth-order valence-corrected chi connectivity index (χ4v) is 2.82. The molecule has 1 fully saturated rings. The van der Waals surface area contributed by atoms with Gasteiger partial charge in [0.05, 0.1) is 13.2 Å². The highest BCUT2D eigenvalue weighted by Crippen LogP contribution is 2.27. The van der Waals surface area contributed by atoms with Gasteiger partial charge in [-0.3, -0.25) is 4.84 Å². The van der Waals surface area contributed by atoms with Gasteiger partial charge in [0.25, 0.3) is 0 Å². The molecular weight excluding hydrogens is 352 g/mol. The number of hydroxylamine groups is 2. The van der Waals surface area contributed by atoms with Crippen molar-refractivity contribution in [2.75, 3.05) is 14.2 Å². The molecule has 0 saturated carbocycles. The molecule has 0 bridgehead atoms. The molecule has 0 spiro atoms. The third-order valence-electron chi connectivity index (χ3n) is 4.01. The highest BCUT2D eigenvalue weighted by atomic mass is 16.8. The molecule has 150 valence electrons. The average molecular weight is 380 g/mol. The highest BCUT2D eigenvalue weighted by molar-refractivity contribution is 5.82. The van der Waals surface area contributed by atoms with Gasteiger partial charge in [0.1, 0.15) is 11.6 Å². The Morgan fingerprint density at radius 2 is 1.93 bits per heavy atom. The average Bonchev–Trinajstić information content (AvgIpc) is 3.01. The molecule has 27 heavy (non-hydrogen) atoms. The summed E-state index contributed by atoms with van der Waals surface area (Å²) in [6, 6.07) is 8.23. The molecule has 1 heterocycles. The first-order chi connectivity index (χ1) is 12.7. The molecule has 0 aliphatic carbocycles. The van der Waals surface area contributed by atoms with Crippen molar-refractivity contribution in [3.63, 3.8) is 0 Å². The summed E-state index contributed by atoms with van der Waals surface area (Å²) in [6.45, 7) is 5.68. The minimum atomic E-state index is -0.964. The van der Waals surface area contributed by atoms with Crippen LogP contribution in [0.2, 0.25) is 0 Å². The van der Waals surface area contributed by atoms with Crippen LogP contribution in [0.5, 0.6) is 0 Å². The number of carbonyl (C=O) groups is 2. The molecule has 8 heteroatoms. The first-order valence-electron chi connectivity index (χ1n) is 8.81. The van der Waals surface area contributed by atoms with E-state index in [1.165, 1.54) is 14.2 Å². The number of benzene rings is 1. The first-order valence-corrected chi connectivity index (χ1v) is 8.81. The monoisotopic (exact) mass is 380 g/mol. The van der Waals surface area contributed by atoms with Gasteiger partial charge in [-0.2, -0.15) is 5.06 Å². The number of hydrogen-bond acceptors (Lipinski definition) is 7. The predicted octanol–water partition coefficient (Wildman–Crippen LogP) is 2.23. The van der Waals surface area contributed by atoms with E-state index >= 15 is 0 Å². The number of ether oxygens (including phenoxy) is 3. The molecule has 1 aliphatic heterocycles. The van der Waals surface area contributed by atoms with Gasteiger partial charge in [-0.1, -0.05) is 30.3 Å². The van der Waals surface area contributed by atoms with Crippen LogP contribution in [-0.4, -0.2) is 55.3 Å². The maximum absolute atomic E-state index is 12.4. The topological polar surface area (TPSA) is 86.3 Å². The fraction of sp³-hybridized carbons (Fsp3) is 0.579. The minimum Gasteiger partial charge on any atom is -0.467 e. The molecule has 8 nitrogen and oxygen atoms in total. The van der Waals surface area contributed by atoms with Gasteiger partial charge in [-0.25, -0.2) is 9.59 Å². The molecule has 1 unspecified atom stereocenters. The Labute approximate surface area is 159 Å². The number of nitrogens with one attached hydrogen (secondary N) is 1. The van der Waals surface area contributed by atoms with E-state index in [9.17, 15) is 9.59 Å². The molecule has 1 N–H and O–H groups in total. The smallest absolute Gasteiger partial charge is 0.408 e. The Morgan fingerprint density at radius 3 is 2.48 bits per heavy atom. The second-order valence-electron chi connectivity index (χ2n) is 7.28. The lowest BCUT2D eigenvalue weighted by atomic mass is 10.0. The lowest BCUT2D eigenvalue weighted by Crippen LogP contribution is -2.54. The van der Waals surface area contributed by atoms with E-state index in [1.54, 1.807) is 25.8 Å². The molecule has 1 aromatic rings. The van der Waals surface area contributed by atoms with Gasteiger partial charge in [0.2, 0.25) is 0 Å². The van der Waals surface area contributed by atoms with Crippen molar-refractivity contribution in [1.82, 2.24) is 10.4 Å². The van der Waals surface area contributed by atoms with Gasteiger partial charge >= 0.3 is 12.1 Å². The molecule has 3 atom stereocenters. The number of hydrogen-bond donors (Lipinski definition) is 1. The van der Waals surface area contributed by atoms with E-state index in [-0.39, 0.29) is 0 Å². The second kappa shape index (κ2) is 9.16. The van der Waals surface area contributed by atoms with Gasteiger partial charge in [0.15, 0.2) is 6.29 Å². The van der Waals surface area contributed by atoms with Crippen LogP contribution in [0.15, 0.2) is 30.3 Å². The third kappa shape index (κ3) is 6.20. The van der Waals surface area contributed by atoms with Crippen LogP contribution in [0.4, 0.5) is 4.79 Å². The largest absolute Gasteiger partial charge is 0.467 e. The van der Waals surface area contributed by atoms with E-state index in [0.29, 0.717) is 13.0 Å². The van der Waals surface area contributed by atoms with Crippen LogP contribution < -0.4 is 5.32 Å². The Hall–Kier alpha value is -2.16. The quantitative estimate of drug-likeness (QED) is 0.757. The molecule has 1 amide bonds. The maximum atomic E-state index is 12.4. The molecule has 1 saturated heterocycles. The van der Waals surface area contributed by atoms with Crippen molar-refractivity contribution >= 4 is 12.1 Å². The SMILES string of the molecule is COC(=O)[C@H](NC(=O)OC(C)(C)C)[C@H]1CC(OC)ON1Cc1ccccc1. The summed E-state index contributed by atoms with van der Waals surface area (Å²) >= 11 is 0. The van der Waals surface area contributed by atoms with Crippen molar-refractivity contribution in [3.05, 3.63) is 35.9 Å². The summed E-state index contributed by atoms with van der Waals surface area (Å²) in [7, 11) is 2.81. The number of nitrogens with zero attached hydrogens (tertiary/aromatic N) is 1. The molecular formula is C19H28N2O6. The van der Waals surface area contributed by atoms with Crippen molar-refractivity contribution in [1.29, 1.82) is 0 Å². The standard InChI is InChI=1S/C19H28N2O6/c1-19(2,3)26-18(23)20-16(17(22)25-5)14-11-15(24-4)27-21(14)12-13-9-7-6-8-10-13/h6-10,14-16H,11-12H2,1-5H3,(H,20,23)/t14-,15?,16-/m1/s1. The Bertz CT molecular complexity index is 631. The fourth-order valence-electron chi connectivity index (χ4n) is 2.82. The van der Waals surface area contributed by atoms with E-state index in [4.69, 9.17) is 19.0 Å². The van der Waals surface area contributed by atoms with Gasteiger partial charge in [0, 0.05) is 20.1 Å². The van der Waals surface area contributed by atoms with Crippen LogP contribution in [0.25, 0.3) is 0 Å². The summed E-state index contributed by atoms with van der Waals surface area (Å²) in [5.41, 5.74) is 0.315. The molecule has 2 rings (SSSR count). The lowest BCUT2D eigenvalue weighted by Gasteiger charge is -2.29. The Balaban J connectivity index is 2.19. The lowest BCUT2D eigenvalue weighted by molar-refractivity contribution is -0.238. The van der Waals surface area contributed by atoms with Crippen LogP contribution >= 0.6 is 0 Å². The number of amides is 1. The second-order valence-corrected chi connectivity index (χ2v) is 7.28. The maximum Gasteiger partial charge on any atom is 0.408 e. The first kappa shape index (κ1) is 21.1. The third-order valence-corrected chi connectivity index (χ3v) is 4.01. The van der Waals surface area contributed by atoms with Crippen molar-refractivity contribution in [2.45, 2.75) is 57.7 Å². The van der Waals surface area contributed by atoms with Crippen molar-refractivity contribution in [2.24, 2.45) is 0 Å². The van der Waals surface area contributed by atoms with Gasteiger partial charge in [-0.15, -0.1) is 0 Å². The summed E-state index contributed by atoms with van der Waals surface area (Å²) in [5, 5.41) is 4.26. The van der Waals surface area contributed by atoms with Crippen LogP contribution in [0.1, 0.15) is 32.8 Å². The van der Waals surface area contributed by atoms with Crippen molar-refractivity contribution < 1.29 is 28.6 Å². The van der Waals surface area contributed by atoms with Gasteiger partial charge < -0.3 is 19.5 Å². The van der Waals surface area contributed by atoms with Gasteiger partial charge in [-0.05, 0) is 26.3 Å². The Kier molecular flexibility index (Phi) is 7.18. The molecule has 0 radical (unpaired) electrons. The zero-order valence-corrected chi connectivity index (χ0v) is 16.4. The number of carbonyl (C=O) groups excluding carboxylic acids is 2. The Morgan fingerprint density at radius 1 is 1.26 bits per heavy atom. The van der Waals surface area contributed by atoms with Crippen LogP contribution in [-0.2, 0) is 30.4 Å². The zero-order chi connectivity index (χ0) is 20.0. The van der Waals surface area contributed by atoms with E-state index < -0.39 is 36.0 Å². The van der Waals surface area contributed by atoms with E-state index in [1.807, 2.05) is 30.3 Å². The number of alkyl carbamates (subject to hydrolysis) is 1. The van der Waals surface area contributed by atoms with E-state index in [2.05, 4.69) is 5.32 Å². The normalized spacial score (nSPS) is 21.5. The predicted molar refractivity (Wildman–Crippen MR) is 97.4 cm³/mol. The van der Waals surface area contributed by atoms with Crippen molar-refractivity contribution in [3.8, 4) is 0 Å². The van der Waals surface area contributed by atoms with Crippen LogP contribution in [0.3, 0.4) is 0 Å². The summed E-state index contributed by atoms with van der Waals surface area (Å²) in [6.07, 6.45) is -0.830. The number of methoxy groups -OCH3 is 2. The van der Waals surface area contributed by atoms with E-state index in [0.717, 1.165) is 5.56 Å². The van der Waals surface area contributed by atoms with Crippen LogP contribution in [0, 0.1) is 0 Å².